The van der Waals surface area contributed by atoms with Crippen LogP contribution in [0.3, 0.4) is 0 Å². The van der Waals surface area contributed by atoms with Crippen LogP contribution >= 0.6 is 0 Å². The van der Waals surface area contributed by atoms with Crippen LogP contribution in [0.1, 0.15) is 5.56 Å². The molecule has 0 fully saturated rings. The maximum atomic E-state index is 11.0. The van der Waals surface area contributed by atoms with Crippen molar-refractivity contribution in [3.05, 3.63) is 46.5 Å². The fraction of sp³-hybridized carbons (Fsp3) is 0.154. The molecule has 0 unspecified atom stereocenters. The first-order valence-corrected chi connectivity index (χ1v) is 5.79. The van der Waals surface area contributed by atoms with Crippen molar-refractivity contribution in [2.45, 2.75) is 0 Å². The number of nitrogens with zero attached hydrogens (tertiary/aromatic N) is 2. The summed E-state index contributed by atoms with van der Waals surface area (Å²) >= 11 is 0. The summed E-state index contributed by atoms with van der Waals surface area (Å²) in [4.78, 5) is 17.0. The van der Waals surface area contributed by atoms with Crippen LogP contribution in [0.5, 0.6) is 11.5 Å². The number of hydrogen-bond acceptors (Lipinski definition) is 6. The van der Waals surface area contributed by atoms with Crippen molar-refractivity contribution in [1.29, 1.82) is 0 Å². The fourth-order valence-electron chi connectivity index (χ4n) is 1.53. The van der Waals surface area contributed by atoms with Crippen LogP contribution in [0, 0.1) is 0 Å². The van der Waals surface area contributed by atoms with E-state index >= 15 is 0 Å². The summed E-state index contributed by atoms with van der Waals surface area (Å²) in [6, 6.07) is 6.98. The number of hydrogen-bond donors (Lipinski definition) is 2. The van der Waals surface area contributed by atoms with Gasteiger partial charge in [0, 0.05) is 17.8 Å². The van der Waals surface area contributed by atoms with Gasteiger partial charge in [0.1, 0.15) is 17.3 Å². The van der Waals surface area contributed by atoms with E-state index in [1.54, 1.807) is 38.6 Å². The molecule has 0 aliphatic carbocycles. The lowest BCUT2D eigenvalue weighted by Gasteiger charge is -2.06. The minimum atomic E-state index is -0.438. The van der Waals surface area contributed by atoms with Crippen LogP contribution in [0.4, 0.5) is 5.82 Å². The zero-order valence-electron chi connectivity index (χ0n) is 11.1. The average Bonchev–Trinajstić information content (AvgIpc) is 2.47. The van der Waals surface area contributed by atoms with E-state index in [0.717, 1.165) is 5.56 Å². The van der Waals surface area contributed by atoms with E-state index in [4.69, 9.17) is 9.47 Å². The molecule has 1 aromatic carbocycles. The highest BCUT2D eigenvalue weighted by atomic mass is 16.5. The predicted octanol–water partition coefficient (Wildman–Crippen LogP) is 1.23. The second kappa shape index (κ2) is 6.37. The molecule has 7 nitrogen and oxygen atoms in total. The lowest BCUT2D eigenvalue weighted by atomic mass is 10.2. The number of rotatable bonds is 5. The Kier molecular flexibility index (Phi) is 4.33. The van der Waals surface area contributed by atoms with Crippen LogP contribution in [-0.2, 0) is 0 Å². The zero-order valence-corrected chi connectivity index (χ0v) is 11.1. The topological polar surface area (TPSA) is 88.6 Å². The van der Waals surface area contributed by atoms with Gasteiger partial charge in [-0.25, -0.2) is 9.78 Å². The standard InChI is InChI=1S/C13H14N4O3/c1-19-10-4-3-9(11(7-10)20-2)8-15-17-12-5-6-14-13(18)16-12/h3-8H,1-2H3,(H2,14,16,17,18). The van der Waals surface area contributed by atoms with Gasteiger partial charge in [0.2, 0.25) is 0 Å². The second-order valence-corrected chi connectivity index (χ2v) is 3.77. The maximum absolute atomic E-state index is 11.0. The highest BCUT2D eigenvalue weighted by Gasteiger charge is 2.02. The van der Waals surface area contributed by atoms with E-state index in [2.05, 4.69) is 20.5 Å². The first kappa shape index (κ1) is 13.6. The molecule has 0 radical (unpaired) electrons. The molecule has 0 atom stereocenters. The molecule has 0 saturated heterocycles. The van der Waals surface area contributed by atoms with Crippen LogP contribution in [0.15, 0.2) is 40.4 Å². The lowest BCUT2D eigenvalue weighted by molar-refractivity contribution is 0.394. The minimum absolute atomic E-state index is 0.438. The van der Waals surface area contributed by atoms with E-state index in [-0.39, 0.29) is 0 Å². The SMILES string of the molecule is COc1ccc(C=NNc2ccnc(=O)[nH]2)c(OC)c1. The molecule has 1 heterocycles. The summed E-state index contributed by atoms with van der Waals surface area (Å²) in [6.07, 6.45) is 2.97. The van der Waals surface area contributed by atoms with Gasteiger partial charge in [-0.2, -0.15) is 5.10 Å². The molecule has 104 valence electrons. The Hall–Kier alpha value is -2.83. The zero-order chi connectivity index (χ0) is 14.4. The van der Waals surface area contributed by atoms with E-state index < -0.39 is 5.69 Å². The maximum Gasteiger partial charge on any atom is 0.346 e. The molecule has 0 saturated carbocycles. The highest BCUT2D eigenvalue weighted by Crippen LogP contribution is 2.23. The second-order valence-electron chi connectivity index (χ2n) is 3.77. The highest BCUT2D eigenvalue weighted by molar-refractivity contribution is 5.84. The molecular formula is C13H14N4O3. The quantitative estimate of drug-likeness (QED) is 0.632. The van der Waals surface area contributed by atoms with Gasteiger partial charge in [0.05, 0.1) is 20.4 Å². The normalized spacial score (nSPS) is 10.5. The third-order valence-corrected chi connectivity index (χ3v) is 2.50. The molecule has 2 rings (SSSR count). The molecule has 7 heteroatoms. The van der Waals surface area contributed by atoms with Crippen molar-refractivity contribution >= 4 is 12.0 Å². The van der Waals surface area contributed by atoms with Crippen molar-refractivity contribution in [2.24, 2.45) is 5.10 Å². The molecule has 0 bridgehead atoms. The summed E-state index contributed by atoms with van der Waals surface area (Å²) in [5.74, 6) is 1.79. The summed E-state index contributed by atoms with van der Waals surface area (Å²) in [5.41, 5.74) is 3.04. The smallest absolute Gasteiger partial charge is 0.346 e. The molecule has 20 heavy (non-hydrogen) atoms. The number of methoxy groups -OCH3 is 2. The van der Waals surface area contributed by atoms with Crippen molar-refractivity contribution in [3.8, 4) is 11.5 Å². The van der Waals surface area contributed by atoms with Gasteiger partial charge >= 0.3 is 5.69 Å². The van der Waals surface area contributed by atoms with Gasteiger partial charge in [-0.05, 0) is 18.2 Å². The molecule has 0 aliphatic rings. The molecule has 0 amide bonds. The Morgan fingerprint density at radius 2 is 2.15 bits per heavy atom. The molecule has 0 spiro atoms. The van der Waals surface area contributed by atoms with Crippen molar-refractivity contribution in [2.75, 3.05) is 19.6 Å². The van der Waals surface area contributed by atoms with Gasteiger partial charge < -0.3 is 9.47 Å². The van der Waals surface area contributed by atoms with Crippen molar-refractivity contribution in [1.82, 2.24) is 9.97 Å². The van der Waals surface area contributed by atoms with E-state index in [0.29, 0.717) is 17.3 Å². The van der Waals surface area contributed by atoms with Gasteiger partial charge in [-0.1, -0.05) is 0 Å². The average molecular weight is 274 g/mol. The van der Waals surface area contributed by atoms with E-state index in [9.17, 15) is 4.79 Å². The monoisotopic (exact) mass is 274 g/mol. The Balaban J connectivity index is 2.13. The lowest BCUT2D eigenvalue weighted by Crippen LogP contribution is -2.10. The van der Waals surface area contributed by atoms with Crippen LogP contribution in [0.2, 0.25) is 0 Å². The molecule has 2 N–H and O–H groups in total. The Morgan fingerprint density at radius 3 is 2.85 bits per heavy atom. The van der Waals surface area contributed by atoms with Gasteiger partial charge in [-0.3, -0.25) is 10.4 Å². The minimum Gasteiger partial charge on any atom is -0.497 e. The van der Waals surface area contributed by atoms with Crippen LogP contribution < -0.4 is 20.6 Å². The number of nitrogens with one attached hydrogen (secondary N) is 2. The van der Waals surface area contributed by atoms with Gasteiger partial charge in [-0.15, -0.1) is 0 Å². The van der Waals surface area contributed by atoms with E-state index in [1.807, 2.05) is 6.07 Å². The van der Waals surface area contributed by atoms with Crippen LogP contribution in [-0.4, -0.2) is 30.4 Å². The third kappa shape index (κ3) is 3.35. The number of aromatic nitrogens is 2. The first-order chi connectivity index (χ1) is 9.72. The number of hydrazone groups is 1. The molecule has 0 aliphatic heterocycles. The van der Waals surface area contributed by atoms with Gasteiger partial charge in [0.15, 0.2) is 0 Å². The Morgan fingerprint density at radius 1 is 1.30 bits per heavy atom. The summed E-state index contributed by atoms with van der Waals surface area (Å²) in [6.45, 7) is 0. The van der Waals surface area contributed by atoms with Gasteiger partial charge in [0.25, 0.3) is 0 Å². The number of aromatic amines is 1. The number of ether oxygens (including phenoxy) is 2. The van der Waals surface area contributed by atoms with Crippen molar-refractivity contribution < 1.29 is 9.47 Å². The largest absolute Gasteiger partial charge is 0.497 e. The summed E-state index contributed by atoms with van der Waals surface area (Å²) < 4.78 is 10.4. The fourth-order valence-corrected chi connectivity index (χ4v) is 1.53. The number of anilines is 1. The van der Waals surface area contributed by atoms with Crippen molar-refractivity contribution in [3.63, 3.8) is 0 Å². The summed E-state index contributed by atoms with van der Waals surface area (Å²) in [5, 5.41) is 4.02. The predicted molar refractivity (Wildman–Crippen MR) is 75.6 cm³/mol. The number of benzene rings is 1. The van der Waals surface area contributed by atoms with E-state index in [1.165, 1.54) is 6.20 Å². The first-order valence-electron chi connectivity index (χ1n) is 5.79. The Labute approximate surface area is 115 Å². The molecule has 2 aromatic rings. The molecular weight excluding hydrogens is 260 g/mol. The summed E-state index contributed by atoms with van der Waals surface area (Å²) in [7, 11) is 3.16. The number of H-pyrrole nitrogens is 1. The molecule has 1 aromatic heterocycles. The Bertz CT molecular complexity index is 667. The third-order valence-electron chi connectivity index (χ3n) is 2.50. The van der Waals surface area contributed by atoms with Crippen LogP contribution in [0.25, 0.3) is 0 Å².